The summed E-state index contributed by atoms with van der Waals surface area (Å²) in [5, 5.41) is 3.00. The van der Waals surface area contributed by atoms with E-state index in [0.29, 0.717) is 12.8 Å². The van der Waals surface area contributed by atoms with Crippen molar-refractivity contribution in [2.75, 3.05) is 13.7 Å². The molecule has 3 aromatic carbocycles. The fourth-order valence-electron chi connectivity index (χ4n) is 3.07. The second kappa shape index (κ2) is 10.3. The first-order valence-electron chi connectivity index (χ1n) is 9.51. The van der Waals surface area contributed by atoms with E-state index in [-0.39, 0.29) is 24.3 Å². The largest absolute Gasteiger partial charge is 0.496 e. The molecule has 1 N–H and O–H groups in total. The standard InChI is InChI=1S/C24H24FNO3/c1-28-22-13-7-5-11-19(22)15-16-24(27)26-21(18-9-3-2-4-10-18)17-29-23-14-8-6-12-20(23)25/h2-14,21H,15-17H2,1H3,(H,26,27). The van der Waals surface area contributed by atoms with Gasteiger partial charge < -0.3 is 14.8 Å². The van der Waals surface area contributed by atoms with Gasteiger partial charge in [0.15, 0.2) is 11.6 Å². The minimum Gasteiger partial charge on any atom is -0.496 e. The number of nitrogens with one attached hydrogen (secondary N) is 1. The van der Waals surface area contributed by atoms with Crippen LogP contribution in [0.3, 0.4) is 0 Å². The molecular formula is C24H24FNO3. The monoisotopic (exact) mass is 393 g/mol. The zero-order valence-corrected chi connectivity index (χ0v) is 16.3. The number of halogens is 1. The Hall–Kier alpha value is -3.34. The molecule has 0 aliphatic heterocycles. The van der Waals surface area contributed by atoms with Gasteiger partial charge in [0.25, 0.3) is 0 Å². The number of methoxy groups -OCH3 is 1. The van der Waals surface area contributed by atoms with Gasteiger partial charge in [0.05, 0.1) is 13.2 Å². The summed E-state index contributed by atoms with van der Waals surface area (Å²) in [5.41, 5.74) is 1.87. The molecule has 1 atom stereocenters. The van der Waals surface area contributed by atoms with Gasteiger partial charge in [-0.25, -0.2) is 4.39 Å². The van der Waals surface area contributed by atoms with Gasteiger partial charge in [-0.05, 0) is 35.7 Å². The highest BCUT2D eigenvalue weighted by molar-refractivity contribution is 5.76. The molecule has 3 rings (SSSR count). The van der Waals surface area contributed by atoms with E-state index in [2.05, 4.69) is 5.32 Å². The first-order valence-corrected chi connectivity index (χ1v) is 9.51. The lowest BCUT2D eigenvalue weighted by atomic mass is 10.1. The first kappa shape index (κ1) is 20.4. The third-order valence-corrected chi connectivity index (χ3v) is 4.59. The Kier molecular flexibility index (Phi) is 7.22. The van der Waals surface area contributed by atoms with E-state index >= 15 is 0 Å². The van der Waals surface area contributed by atoms with Gasteiger partial charge in [0.1, 0.15) is 12.4 Å². The summed E-state index contributed by atoms with van der Waals surface area (Å²) in [6.45, 7) is 0.130. The molecule has 0 bridgehead atoms. The van der Waals surface area contributed by atoms with Gasteiger partial charge in [-0.15, -0.1) is 0 Å². The van der Waals surface area contributed by atoms with Gasteiger partial charge in [-0.1, -0.05) is 60.7 Å². The lowest BCUT2D eigenvalue weighted by Crippen LogP contribution is -2.32. The molecule has 0 saturated heterocycles. The number of para-hydroxylation sites is 2. The van der Waals surface area contributed by atoms with Gasteiger partial charge in [0.2, 0.25) is 5.91 Å². The Labute approximate surface area is 170 Å². The fraction of sp³-hybridized carbons (Fsp3) is 0.208. The molecular weight excluding hydrogens is 369 g/mol. The average Bonchev–Trinajstić information content (AvgIpc) is 2.77. The maximum Gasteiger partial charge on any atom is 0.220 e. The number of rotatable bonds is 9. The van der Waals surface area contributed by atoms with Crippen LogP contribution in [-0.2, 0) is 11.2 Å². The molecule has 0 spiro atoms. The van der Waals surface area contributed by atoms with Crippen LogP contribution in [0.2, 0.25) is 0 Å². The van der Waals surface area contributed by atoms with E-state index < -0.39 is 5.82 Å². The summed E-state index contributed by atoms with van der Waals surface area (Å²) < 4.78 is 24.8. The van der Waals surface area contributed by atoms with Gasteiger partial charge in [-0.3, -0.25) is 4.79 Å². The normalized spacial score (nSPS) is 11.5. The zero-order valence-electron chi connectivity index (χ0n) is 16.3. The van der Waals surface area contributed by atoms with Crippen molar-refractivity contribution in [3.05, 3.63) is 95.8 Å². The minimum absolute atomic E-state index is 0.109. The Morgan fingerprint density at radius 3 is 2.31 bits per heavy atom. The smallest absolute Gasteiger partial charge is 0.220 e. The summed E-state index contributed by atoms with van der Waals surface area (Å²) in [6, 6.07) is 23.0. The quantitative estimate of drug-likeness (QED) is 0.573. The van der Waals surface area contributed by atoms with Crippen molar-refractivity contribution in [1.82, 2.24) is 5.32 Å². The maximum atomic E-state index is 13.9. The highest BCUT2D eigenvalue weighted by Crippen LogP contribution is 2.21. The number of carbonyl (C=O) groups is 1. The number of aryl methyl sites for hydroxylation is 1. The summed E-state index contributed by atoms with van der Waals surface area (Å²) in [6.07, 6.45) is 0.870. The molecule has 4 nitrogen and oxygen atoms in total. The molecule has 0 radical (unpaired) electrons. The van der Waals surface area contributed by atoms with Crippen LogP contribution in [0.25, 0.3) is 0 Å². The number of hydrogen-bond acceptors (Lipinski definition) is 3. The van der Waals surface area contributed by atoms with Crippen molar-refractivity contribution in [3.63, 3.8) is 0 Å². The van der Waals surface area contributed by atoms with Crippen LogP contribution in [0.4, 0.5) is 4.39 Å². The molecule has 5 heteroatoms. The van der Waals surface area contributed by atoms with Crippen molar-refractivity contribution in [2.24, 2.45) is 0 Å². The Bertz CT molecular complexity index is 930. The van der Waals surface area contributed by atoms with E-state index in [1.165, 1.54) is 6.07 Å². The summed E-state index contributed by atoms with van der Waals surface area (Å²) in [4.78, 5) is 12.6. The van der Waals surface area contributed by atoms with E-state index in [4.69, 9.17) is 9.47 Å². The van der Waals surface area contributed by atoms with E-state index in [1.807, 2.05) is 54.6 Å². The van der Waals surface area contributed by atoms with E-state index in [0.717, 1.165) is 16.9 Å². The molecule has 0 aliphatic carbocycles. The second-order valence-corrected chi connectivity index (χ2v) is 6.58. The highest BCUT2D eigenvalue weighted by Gasteiger charge is 2.17. The van der Waals surface area contributed by atoms with Crippen molar-refractivity contribution in [3.8, 4) is 11.5 Å². The van der Waals surface area contributed by atoms with Crippen molar-refractivity contribution in [2.45, 2.75) is 18.9 Å². The zero-order chi connectivity index (χ0) is 20.5. The SMILES string of the molecule is COc1ccccc1CCC(=O)NC(COc1ccccc1F)c1ccccc1. The number of carbonyl (C=O) groups excluding carboxylic acids is 1. The molecule has 150 valence electrons. The van der Waals surface area contributed by atoms with Crippen LogP contribution in [0.15, 0.2) is 78.9 Å². The number of ether oxygens (including phenoxy) is 2. The van der Waals surface area contributed by atoms with Crippen molar-refractivity contribution in [1.29, 1.82) is 0 Å². The summed E-state index contributed by atoms with van der Waals surface area (Å²) >= 11 is 0. The topological polar surface area (TPSA) is 47.6 Å². The highest BCUT2D eigenvalue weighted by atomic mass is 19.1. The molecule has 0 aromatic heterocycles. The van der Waals surface area contributed by atoms with E-state index in [1.54, 1.807) is 25.3 Å². The summed E-state index contributed by atoms with van der Waals surface area (Å²) in [7, 11) is 1.62. The Morgan fingerprint density at radius 2 is 1.59 bits per heavy atom. The molecule has 3 aromatic rings. The van der Waals surface area contributed by atoms with Gasteiger partial charge in [-0.2, -0.15) is 0 Å². The molecule has 29 heavy (non-hydrogen) atoms. The van der Waals surface area contributed by atoms with Crippen LogP contribution in [-0.4, -0.2) is 19.6 Å². The second-order valence-electron chi connectivity index (χ2n) is 6.58. The molecule has 0 heterocycles. The van der Waals surface area contributed by atoms with Gasteiger partial charge in [0, 0.05) is 6.42 Å². The lowest BCUT2D eigenvalue weighted by molar-refractivity contribution is -0.122. The third-order valence-electron chi connectivity index (χ3n) is 4.59. The minimum atomic E-state index is -0.429. The van der Waals surface area contributed by atoms with Crippen molar-refractivity contribution >= 4 is 5.91 Å². The number of hydrogen-bond donors (Lipinski definition) is 1. The summed E-state index contributed by atoms with van der Waals surface area (Å²) in [5.74, 6) is 0.392. The van der Waals surface area contributed by atoms with Crippen LogP contribution < -0.4 is 14.8 Å². The molecule has 0 saturated carbocycles. The Morgan fingerprint density at radius 1 is 0.931 bits per heavy atom. The van der Waals surface area contributed by atoms with Crippen LogP contribution in [0.1, 0.15) is 23.6 Å². The third kappa shape index (κ3) is 5.82. The molecule has 0 fully saturated rings. The first-order chi connectivity index (χ1) is 14.2. The Balaban J connectivity index is 1.65. The van der Waals surface area contributed by atoms with Gasteiger partial charge >= 0.3 is 0 Å². The molecule has 1 unspecified atom stereocenters. The fourth-order valence-corrected chi connectivity index (χ4v) is 3.07. The average molecular weight is 393 g/mol. The molecule has 1 amide bonds. The van der Waals surface area contributed by atoms with Crippen LogP contribution >= 0.6 is 0 Å². The number of amides is 1. The molecule has 0 aliphatic rings. The van der Waals surface area contributed by atoms with Crippen LogP contribution in [0, 0.1) is 5.82 Å². The predicted octanol–water partition coefficient (Wildman–Crippen LogP) is 4.70. The lowest BCUT2D eigenvalue weighted by Gasteiger charge is -2.20. The predicted molar refractivity (Wildman–Crippen MR) is 111 cm³/mol. The van der Waals surface area contributed by atoms with Crippen LogP contribution in [0.5, 0.6) is 11.5 Å². The number of benzene rings is 3. The van der Waals surface area contributed by atoms with E-state index in [9.17, 15) is 9.18 Å². The maximum absolute atomic E-state index is 13.9. The van der Waals surface area contributed by atoms with Crippen molar-refractivity contribution < 1.29 is 18.7 Å².